The van der Waals surface area contributed by atoms with Crippen LogP contribution in [0.4, 0.5) is 0 Å². The van der Waals surface area contributed by atoms with Gasteiger partial charge in [0.2, 0.25) is 0 Å². The summed E-state index contributed by atoms with van der Waals surface area (Å²) in [4.78, 5) is 15.8. The third-order valence-corrected chi connectivity index (χ3v) is 2.62. The molecule has 18 heavy (non-hydrogen) atoms. The molecule has 2 rings (SSSR count). The minimum absolute atomic E-state index is 0.367. The number of nitrogens with zero attached hydrogens (tertiary/aromatic N) is 1. The highest BCUT2D eigenvalue weighted by Gasteiger charge is 2.15. The van der Waals surface area contributed by atoms with Crippen molar-refractivity contribution in [3.8, 4) is 5.75 Å². The number of aromatic nitrogens is 1. The molecule has 0 saturated heterocycles. The molecule has 0 fully saturated rings. The van der Waals surface area contributed by atoms with Gasteiger partial charge in [0.15, 0.2) is 6.10 Å². The maximum Gasteiger partial charge on any atom is 0.274 e. The second kappa shape index (κ2) is 5.01. The fourth-order valence-electron chi connectivity index (χ4n) is 1.73. The quantitative estimate of drug-likeness (QED) is 0.485. The van der Waals surface area contributed by atoms with Crippen LogP contribution in [-0.4, -0.2) is 17.0 Å². The van der Waals surface area contributed by atoms with E-state index in [1.165, 1.54) is 0 Å². The molecule has 1 atom stereocenters. The molecule has 94 valence electrons. The number of pyridine rings is 1. The Morgan fingerprint density at radius 2 is 2.17 bits per heavy atom. The predicted octanol–water partition coefficient (Wildman–Crippen LogP) is 1.30. The van der Waals surface area contributed by atoms with E-state index >= 15 is 0 Å². The Hall–Kier alpha value is -2.14. The number of hydrogen-bond donors (Lipinski definition) is 2. The molecule has 0 radical (unpaired) electrons. The van der Waals surface area contributed by atoms with E-state index in [0.717, 1.165) is 16.6 Å². The van der Waals surface area contributed by atoms with Crippen LogP contribution in [0.15, 0.2) is 30.3 Å². The average molecular weight is 245 g/mol. The zero-order chi connectivity index (χ0) is 13.1. The number of para-hydroxylation sites is 1. The Morgan fingerprint density at radius 3 is 2.89 bits per heavy atom. The van der Waals surface area contributed by atoms with E-state index in [2.05, 4.69) is 10.4 Å². The van der Waals surface area contributed by atoms with Gasteiger partial charge >= 0.3 is 0 Å². The lowest BCUT2D eigenvalue weighted by atomic mass is 10.2. The maximum atomic E-state index is 11.4. The topological polar surface area (TPSA) is 77.2 Å². The molecule has 1 aromatic carbocycles. The Labute approximate surface area is 105 Å². The smallest absolute Gasteiger partial charge is 0.274 e. The van der Waals surface area contributed by atoms with Gasteiger partial charge in [0.1, 0.15) is 5.75 Å². The predicted molar refractivity (Wildman–Crippen MR) is 68.9 cm³/mol. The lowest BCUT2D eigenvalue weighted by molar-refractivity contribution is -0.127. The molecule has 5 heteroatoms. The van der Waals surface area contributed by atoms with Crippen molar-refractivity contribution in [2.45, 2.75) is 20.0 Å². The first kappa shape index (κ1) is 12.3. The summed E-state index contributed by atoms with van der Waals surface area (Å²) in [6, 6.07) is 9.43. The summed E-state index contributed by atoms with van der Waals surface area (Å²) >= 11 is 0. The van der Waals surface area contributed by atoms with Crippen LogP contribution in [0.2, 0.25) is 0 Å². The molecule has 2 aromatic rings. The molecular formula is C13H15N3O2. The Bertz CT molecular complexity index is 583. The lowest BCUT2D eigenvalue weighted by Gasteiger charge is -2.15. The fraction of sp³-hybridized carbons (Fsp3) is 0.231. The Balaban J connectivity index is 2.41. The van der Waals surface area contributed by atoms with Crippen LogP contribution in [0.3, 0.4) is 0 Å². The number of ether oxygens (including phenoxy) is 1. The van der Waals surface area contributed by atoms with Crippen LogP contribution in [-0.2, 0) is 4.79 Å². The summed E-state index contributed by atoms with van der Waals surface area (Å²) in [5, 5.41) is 0.875. The third kappa shape index (κ3) is 2.41. The summed E-state index contributed by atoms with van der Waals surface area (Å²) in [5.41, 5.74) is 3.75. The zero-order valence-corrected chi connectivity index (χ0v) is 10.3. The molecule has 5 nitrogen and oxygen atoms in total. The van der Waals surface area contributed by atoms with Crippen molar-refractivity contribution in [3.63, 3.8) is 0 Å². The van der Waals surface area contributed by atoms with E-state index < -0.39 is 6.10 Å². The molecule has 1 aromatic heterocycles. The number of carbonyl (C=O) groups excluding carboxylic acids is 1. The van der Waals surface area contributed by atoms with Crippen molar-refractivity contribution < 1.29 is 9.53 Å². The minimum Gasteiger partial charge on any atom is -0.480 e. The lowest BCUT2D eigenvalue weighted by Crippen LogP contribution is -2.40. The Kier molecular flexibility index (Phi) is 3.43. The molecule has 0 spiro atoms. The summed E-state index contributed by atoms with van der Waals surface area (Å²) in [7, 11) is 0. The molecule has 0 saturated carbocycles. The molecule has 1 unspecified atom stereocenters. The van der Waals surface area contributed by atoms with Gasteiger partial charge in [-0.3, -0.25) is 15.2 Å². The van der Waals surface area contributed by atoms with Gasteiger partial charge in [0.05, 0.1) is 5.52 Å². The van der Waals surface area contributed by atoms with Crippen molar-refractivity contribution in [1.29, 1.82) is 0 Å². The van der Waals surface area contributed by atoms with Crippen LogP contribution in [0.1, 0.15) is 12.6 Å². The van der Waals surface area contributed by atoms with Gasteiger partial charge in [-0.1, -0.05) is 12.1 Å². The molecule has 0 aliphatic carbocycles. The van der Waals surface area contributed by atoms with Gasteiger partial charge in [0.25, 0.3) is 5.91 Å². The highest BCUT2D eigenvalue weighted by molar-refractivity contribution is 5.86. The number of aryl methyl sites for hydroxylation is 1. The molecule has 1 heterocycles. The number of rotatable bonds is 3. The van der Waals surface area contributed by atoms with Crippen molar-refractivity contribution in [2.24, 2.45) is 5.84 Å². The van der Waals surface area contributed by atoms with Crippen molar-refractivity contribution in [1.82, 2.24) is 10.4 Å². The van der Waals surface area contributed by atoms with Crippen LogP contribution in [0, 0.1) is 6.92 Å². The first-order valence-electron chi connectivity index (χ1n) is 5.65. The number of nitrogens with two attached hydrogens (primary N) is 1. The van der Waals surface area contributed by atoms with Gasteiger partial charge in [-0.25, -0.2) is 5.84 Å². The second-order valence-electron chi connectivity index (χ2n) is 4.05. The maximum absolute atomic E-state index is 11.4. The molecule has 0 bridgehead atoms. The molecule has 1 amide bonds. The highest BCUT2D eigenvalue weighted by Crippen LogP contribution is 2.25. The summed E-state index contributed by atoms with van der Waals surface area (Å²) < 4.78 is 5.63. The van der Waals surface area contributed by atoms with Crippen LogP contribution < -0.4 is 16.0 Å². The van der Waals surface area contributed by atoms with Gasteiger partial charge in [-0.05, 0) is 26.0 Å². The number of fused-ring (bicyclic) bond motifs is 1. The van der Waals surface area contributed by atoms with Crippen LogP contribution >= 0.6 is 0 Å². The number of nitrogens with one attached hydrogen (secondary N) is 1. The Morgan fingerprint density at radius 1 is 1.44 bits per heavy atom. The summed E-state index contributed by atoms with van der Waals surface area (Å²) in [6.07, 6.45) is -0.653. The number of carbonyl (C=O) groups is 1. The van der Waals surface area contributed by atoms with Gasteiger partial charge in [-0.15, -0.1) is 0 Å². The summed E-state index contributed by atoms with van der Waals surface area (Å²) in [6.45, 7) is 3.53. The number of hydrazine groups is 1. The second-order valence-corrected chi connectivity index (χ2v) is 4.05. The molecule has 0 aliphatic heterocycles. The SMILES string of the molecule is Cc1cc(OC(C)C(=O)NN)c2ccccc2n1. The number of benzene rings is 1. The largest absolute Gasteiger partial charge is 0.480 e. The first-order chi connectivity index (χ1) is 8.61. The fourth-order valence-corrected chi connectivity index (χ4v) is 1.73. The minimum atomic E-state index is -0.653. The van der Waals surface area contributed by atoms with E-state index in [1.54, 1.807) is 6.92 Å². The van der Waals surface area contributed by atoms with E-state index in [4.69, 9.17) is 10.6 Å². The average Bonchev–Trinajstić information content (AvgIpc) is 2.37. The van der Waals surface area contributed by atoms with Gasteiger partial charge in [-0.2, -0.15) is 0 Å². The molecular weight excluding hydrogens is 230 g/mol. The number of hydrogen-bond acceptors (Lipinski definition) is 4. The normalized spacial score (nSPS) is 12.2. The van der Waals surface area contributed by atoms with Crippen molar-refractivity contribution in [3.05, 3.63) is 36.0 Å². The standard InChI is InChI=1S/C13H15N3O2/c1-8-7-12(18-9(2)13(17)16-14)10-5-3-4-6-11(10)15-8/h3-7,9H,14H2,1-2H3,(H,16,17). The van der Waals surface area contributed by atoms with Crippen molar-refractivity contribution >= 4 is 16.8 Å². The van der Waals surface area contributed by atoms with Crippen LogP contribution in [0.25, 0.3) is 10.9 Å². The third-order valence-electron chi connectivity index (χ3n) is 2.62. The monoisotopic (exact) mass is 245 g/mol. The van der Waals surface area contributed by atoms with E-state index in [1.807, 2.05) is 37.3 Å². The van der Waals surface area contributed by atoms with Crippen LogP contribution in [0.5, 0.6) is 5.75 Å². The van der Waals surface area contributed by atoms with Crippen molar-refractivity contribution in [2.75, 3.05) is 0 Å². The van der Waals surface area contributed by atoms with E-state index in [0.29, 0.717) is 5.75 Å². The highest BCUT2D eigenvalue weighted by atomic mass is 16.5. The molecule has 3 N–H and O–H groups in total. The van der Waals surface area contributed by atoms with E-state index in [-0.39, 0.29) is 5.91 Å². The number of amides is 1. The van der Waals surface area contributed by atoms with Gasteiger partial charge < -0.3 is 4.74 Å². The molecule has 0 aliphatic rings. The summed E-state index contributed by atoms with van der Waals surface area (Å²) in [5.74, 6) is 5.34. The zero-order valence-electron chi connectivity index (χ0n) is 10.3. The van der Waals surface area contributed by atoms with Gasteiger partial charge in [0, 0.05) is 17.1 Å². The first-order valence-corrected chi connectivity index (χ1v) is 5.65. The van der Waals surface area contributed by atoms with E-state index in [9.17, 15) is 4.79 Å².